The molecule has 0 spiro atoms. The SMILES string of the molecule is Cc1cc(C)c(S(=O)(=O)NC2(CN)CCCCC2C)s1. The molecule has 20 heavy (non-hydrogen) atoms. The van der Waals surface area contributed by atoms with Gasteiger partial charge >= 0.3 is 0 Å². The fraction of sp³-hybridized carbons (Fsp3) is 0.714. The van der Waals surface area contributed by atoms with E-state index in [1.165, 1.54) is 11.3 Å². The Balaban J connectivity index is 2.33. The zero-order valence-corrected chi connectivity index (χ0v) is 14.0. The molecule has 1 aliphatic rings. The molecule has 1 aromatic rings. The quantitative estimate of drug-likeness (QED) is 0.896. The standard InChI is InChI=1S/C14H24N2O2S2/c1-10-8-12(3)19-13(10)20(17,18)16-14(9-15)7-5-4-6-11(14)2/h8,11,16H,4-7,9,15H2,1-3H3. The monoisotopic (exact) mass is 316 g/mol. The summed E-state index contributed by atoms with van der Waals surface area (Å²) in [5.41, 5.74) is 6.26. The van der Waals surface area contributed by atoms with Gasteiger partial charge < -0.3 is 5.73 Å². The molecule has 0 aliphatic heterocycles. The van der Waals surface area contributed by atoms with Gasteiger partial charge in [0.2, 0.25) is 0 Å². The number of nitrogens with two attached hydrogens (primary N) is 1. The van der Waals surface area contributed by atoms with Crippen LogP contribution < -0.4 is 10.5 Å². The Bertz CT molecular complexity index is 580. The number of thiophene rings is 1. The van der Waals surface area contributed by atoms with Crippen molar-refractivity contribution < 1.29 is 8.42 Å². The zero-order chi connectivity index (χ0) is 15.0. The van der Waals surface area contributed by atoms with Gasteiger partial charge in [-0.15, -0.1) is 11.3 Å². The summed E-state index contributed by atoms with van der Waals surface area (Å²) < 4.78 is 28.7. The van der Waals surface area contributed by atoms with E-state index in [0.29, 0.717) is 10.8 Å². The van der Waals surface area contributed by atoms with Crippen LogP contribution in [0.3, 0.4) is 0 Å². The maximum absolute atomic E-state index is 12.7. The zero-order valence-electron chi connectivity index (χ0n) is 12.4. The lowest BCUT2D eigenvalue weighted by Gasteiger charge is -2.42. The second-order valence-electron chi connectivity index (χ2n) is 5.94. The minimum Gasteiger partial charge on any atom is -0.329 e. The third-order valence-electron chi connectivity index (χ3n) is 4.39. The van der Waals surface area contributed by atoms with Crippen LogP contribution in [-0.4, -0.2) is 20.5 Å². The molecular weight excluding hydrogens is 292 g/mol. The molecule has 1 aliphatic carbocycles. The van der Waals surface area contributed by atoms with E-state index in [-0.39, 0.29) is 5.92 Å². The Morgan fingerprint density at radius 1 is 1.45 bits per heavy atom. The molecule has 0 saturated heterocycles. The Hall–Kier alpha value is -0.430. The number of rotatable bonds is 4. The topological polar surface area (TPSA) is 72.2 Å². The van der Waals surface area contributed by atoms with Gasteiger partial charge in [0.25, 0.3) is 10.0 Å². The highest BCUT2D eigenvalue weighted by Crippen LogP contribution is 2.35. The summed E-state index contributed by atoms with van der Waals surface area (Å²) in [6.45, 7) is 6.23. The van der Waals surface area contributed by atoms with Gasteiger partial charge in [0.15, 0.2) is 0 Å². The third kappa shape index (κ3) is 2.93. The third-order valence-corrected chi connectivity index (χ3v) is 7.74. The van der Waals surface area contributed by atoms with Gasteiger partial charge in [0.1, 0.15) is 4.21 Å². The molecule has 2 unspecified atom stereocenters. The molecule has 0 amide bonds. The summed E-state index contributed by atoms with van der Waals surface area (Å²) in [4.78, 5) is 1.02. The van der Waals surface area contributed by atoms with Crippen molar-refractivity contribution in [1.82, 2.24) is 4.72 Å². The number of hydrogen-bond acceptors (Lipinski definition) is 4. The van der Waals surface area contributed by atoms with E-state index < -0.39 is 15.6 Å². The van der Waals surface area contributed by atoms with Crippen molar-refractivity contribution in [3.63, 3.8) is 0 Å². The highest BCUT2D eigenvalue weighted by Gasteiger charge is 2.41. The highest BCUT2D eigenvalue weighted by molar-refractivity contribution is 7.91. The molecule has 1 aromatic heterocycles. The van der Waals surface area contributed by atoms with E-state index in [1.54, 1.807) is 0 Å². The van der Waals surface area contributed by atoms with E-state index >= 15 is 0 Å². The van der Waals surface area contributed by atoms with E-state index in [0.717, 1.165) is 36.1 Å². The van der Waals surface area contributed by atoms with Crippen LogP contribution in [0.15, 0.2) is 10.3 Å². The smallest absolute Gasteiger partial charge is 0.250 e. The van der Waals surface area contributed by atoms with Crippen molar-refractivity contribution in [2.75, 3.05) is 6.54 Å². The first-order chi connectivity index (χ1) is 9.31. The first kappa shape index (κ1) is 15.9. The average molecular weight is 316 g/mol. The lowest BCUT2D eigenvalue weighted by atomic mass is 9.74. The average Bonchev–Trinajstić information content (AvgIpc) is 2.72. The van der Waals surface area contributed by atoms with Crippen molar-refractivity contribution in [2.45, 2.75) is 56.2 Å². The highest BCUT2D eigenvalue weighted by atomic mass is 32.2. The van der Waals surface area contributed by atoms with Crippen molar-refractivity contribution in [2.24, 2.45) is 11.7 Å². The van der Waals surface area contributed by atoms with Crippen LogP contribution in [0.25, 0.3) is 0 Å². The first-order valence-electron chi connectivity index (χ1n) is 7.12. The van der Waals surface area contributed by atoms with Gasteiger partial charge in [0, 0.05) is 17.0 Å². The number of aryl methyl sites for hydroxylation is 2. The van der Waals surface area contributed by atoms with Crippen LogP contribution in [-0.2, 0) is 10.0 Å². The molecule has 1 saturated carbocycles. The first-order valence-corrected chi connectivity index (χ1v) is 9.42. The summed E-state index contributed by atoms with van der Waals surface area (Å²) in [7, 11) is -3.48. The lowest BCUT2D eigenvalue weighted by Crippen LogP contribution is -2.58. The minimum atomic E-state index is -3.48. The van der Waals surface area contributed by atoms with Crippen molar-refractivity contribution in [3.05, 3.63) is 16.5 Å². The van der Waals surface area contributed by atoms with Crippen LogP contribution in [0.4, 0.5) is 0 Å². The van der Waals surface area contributed by atoms with Crippen molar-refractivity contribution in [1.29, 1.82) is 0 Å². The fourth-order valence-electron chi connectivity index (χ4n) is 3.11. The molecule has 1 fully saturated rings. The van der Waals surface area contributed by atoms with Crippen LogP contribution in [0.2, 0.25) is 0 Å². The Morgan fingerprint density at radius 3 is 2.65 bits per heavy atom. The predicted octanol–water partition coefficient (Wildman–Crippen LogP) is 2.55. The van der Waals surface area contributed by atoms with Gasteiger partial charge in [0.05, 0.1) is 0 Å². The van der Waals surface area contributed by atoms with Crippen LogP contribution >= 0.6 is 11.3 Å². The fourth-order valence-corrected chi connectivity index (χ4v) is 6.31. The normalized spacial score (nSPS) is 27.7. The lowest BCUT2D eigenvalue weighted by molar-refractivity contribution is 0.191. The maximum Gasteiger partial charge on any atom is 0.250 e. The van der Waals surface area contributed by atoms with Gasteiger partial charge in [-0.2, -0.15) is 0 Å². The van der Waals surface area contributed by atoms with Crippen molar-refractivity contribution in [3.8, 4) is 0 Å². The van der Waals surface area contributed by atoms with Gasteiger partial charge in [-0.1, -0.05) is 19.8 Å². The van der Waals surface area contributed by atoms with Gasteiger partial charge in [-0.25, -0.2) is 13.1 Å². The molecule has 114 valence electrons. The second kappa shape index (κ2) is 5.75. The molecule has 2 rings (SSSR count). The van der Waals surface area contributed by atoms with Crippen LogP contribution in [0.5, 0.6) is 0 Å². The summed E-state index contributed by atoms with van der Waals surface area (Å²) in [6.07, 6.45) is 4.05. The number of hydrogen-bond donors (Lipinski definition) is 2. The Labute approximate surface area is 125 Å². The maximum atomic E-state index is 12.7. The number of sulfonamides is 1. The van der Waals surface area contributed by atoms with Gasteiger partial charge in [-0.3, -0.25) is 0 Å². The van der Waals surface area contributed by atoms with Crippen LogP contribution in [0, 0.1) is 19.8 Å². The summed E-state index contributed by atoms with van der Waals surface area (Å²) in [5, 5.41) is 0. The van der Waals surface area contributed by atoms with Gasteiger partial charge in [-0.05, 0) is 44.2 Å². The minimum absolute atomic E-state index is 0.275. The van der Waals surface area contributed by atoms with Crippen molar-refractivity contribution >= 4 is 21.4 Å². The number of nitrogens with one attached hydrogen (secondary N) is 1. The molecule has 6 heteroatoms. The van der Waals surface area contributed by atoms with E-state index in [1.807, 2.05) is 19.9 Å². The van der Waals surface area contributed by atoms with E-state index in [2.05, 4.69) is 11.6 Å². The van der Waals surface area contributed by atoms with E-state index in [4.69, 9.17) is 5.73 Å². The van der Waals surface area contributed by atoms with E-state index in [9.17, 15) is 8.42 Å². The predicted molar refractivity (Wildman–Crippen MR) is 83.5 cm³/mol. The molecule has 3 N–H and O–H groups in total. The second-order valence-corrected chi connectivity index (χ2v) is 9.07. The van der Waals surface area contributed by atoms with Crippen LogP contribution in [0.1, 0.15) is 43.0 Å². The summed E-state index contributed by atoms with van der Waals surface area (Å²) in [5.74, 6) is 0.275. The Morgan fingerprint density at radius 2 is 2.15 bits per heavy atom. The molecule has 1 heterocycles. The molecule has 2 atom stereocenters. The summed E-state index contributed by atoms with van der Waals surface area (Å²) >= 11 is 1.33. The molecular formula is C14H24N2O2S2. The largest absolute Gasteiger partial charge is 0.329 e. The summed E-state index contributed by atoms with van der Waals surface area (Å²) in [6, 6.07) is 1.92. The molecule has 4 nitrogen and oxygen atoms in total. The molecule has 0 aromatic carbocycles. The Kier molecular flexibility index (Phi) is 4.59. The molecule has 0 radical (unpaired) electrons. The molecule has 0 bridgehead atoms.